The summed E-state index contributed by atoms with van der Waals surface area (Å²) in [6.07, 6.45) is 2.40. The standard InChI is InChI=1S/C14H23NO2/c1-5-6-11(2)17-14-9-12(10-15-3)7-8-13(14)16-4/h7-9,11,15H,5-6,10H2,1-4H3. The summed E-state index contributed by atoms with van der Waals surface area (Å²) < 4.78 is 11.2. The van der Waals surface area contributed by atoms with Crippen LogP contribution in [-0.4, -0.2) is 20.3 Å². The van der Waals surface area contributed by atoms with E-state index in [2.05, 4.69) is 19.2 Å². The molecule has 1 N–H and O–H groups in total. The number of hydrogen-bond acceptors (Lipinski definition) is 3. The van der Waals surface area contributed by atoms with E-state index in [4.69, 9.17) is 9.47 Å². The van der Waals surface area contributed by atoms with Gasteiger partial charge in [0.1, 0.15) is 0 Å². The molecule has 0 radical (unpaired) electrons. The first-order valence-electron chi connectivity index (χ1n) is 6.19. The summed E-state index contributed by atoms with van der Waals surface area (Å²) in [4.78, 5) is 0. The average Bonchev–Trinajstić information content (AvgIpc) is 2.30. The van der Waals surface area contributed by atoms with Crippen LogP contribution in [0.1, 0.15) is 32.3 Å². The second kappa shape index (κ2) is 7.17. The molecule has 0 aliphatic heterocycles. The van der Waals surface area contributed by atoms with Gasteiger partial charge in [-0.3, -0.25) is 0 Å². The highest BCUT2D eigenvalue weighted by Crippen LogP contribution is 2.29. The molecule has 1 unspecified atom stereocenters. The van der Waals surface area contributed by atoms with E-state index >= 15 is 0 Å². The van der Waals surface area contributed by atoms with Crippen LogP contribution in [0.25, 0.3) is 0 Å². The zero-order chi connectivity index (χ0) is 12.7. The molecular formula is C14H23NO2. The second-order valence-corrected chi connectivity index (χ2v) is 4.23. The number of nitrogens with one attached hydrogen (secondary N) is 1. The molecule has 1 aromatic rings. The van der Waals surface area contributed by atoms with Gasteiger partial charge in [-0.1, -0.05) is 19.4 Å². The number of methoxy groups -OCH3 is 1. The minimum Gasteiger partial charge on any atom is -0.493 e. The summed E-state index contributed by atoms with van der Waals surface area (Å²) in [5.74, 6) is 1.63. The van der Waals surface area contributed by atoms with Crippen molar-refractivity contribution < 1.29 is 9.47 Å². The predicted octanol–water partition coefficient (Wildman–Crippen LogP) is 2.98. The Morgan fingerprint density at radius 1 is 1.29 bits per heavy atom. The maximum Gasteiger partial charge on any atom is 0.161 e. The third kappa shape index (κ3) is 4.27. The number of hydrogen-bond donors (Lipinski definition) is 1. The Bertz CT molecular complexity index is 339. The van der Waals surface area contributed by atoms with Crippen LogP contribution in [0.5, 0.6) is 11.5 Å². The van der Waals surface area contributed by atoms with E-state index in [-0.39, 0.29) is 6.10 Å². The van der Waals surface area contributed by atoms with E-state index < -0.39 is 0 Å². The molecule has 0 amide bonds. The van der Waals surface area contributed by atoms with Crippen molar-refractivity contribution >= 4 is 0 Å². The zero-order valence-corrected chi connectivity index (χ0v) is 11.2. The van der Waals surface area contributed by atoms with E-state index in [9.17, 15) is 0 Å². The molecule has 0 saturated carbocycles. The smallest absolute Gasteiger partial charge is 0.161 e. The minimum atomic E-state index is 0.221. The van der Waals surface area contributed by atoms with E-state index in [1.165, 1.54) is 5.56 Å². The van der Waals surface area contributed by atoms with Gasteiger partial charge in [-0.25, -0.2) is 0 Å². The monoisotopic (exact) mass is 237 g/mol. The van der Waals surface area contributed by atoms with Crippen LogP contribution >= 0.6 is 0 Å². The predicted molar refractivity (Wildman–Crippen MR) is 70.8 cm³/mol. The Morgan fingerprint density at radius 3 is 2.65 bits per heavy atom. The fourth-order valence-corrected chi connectivity index (χ4v) is 1.81. The van der Waals surface area contributed by atoms with Crippen molar-refractivity contribution in [3.8, 4) is 11.5 Å². The lowest BCUT2D eigenvalue weighted by atomic mass is 10.2. The van der Waals surface area contributed by atoms with Crippen LogP contribution in [-0.2, 0) is 6.54 Å². The molecule has 0 aromatic heterocycles. The molecule has 1 rings (SSSR count). The first kappa shape index (κ1) is 13.8. The molecule has 0 heterocycles. The Labute approximate surface area is 104 Å². The molecule has 17 heavy (non-hydrogen) atoms. The van der Waals surface area contributed by atoms with Gasteiger partial charge >= 0.3 is 0 Å². The summed E-state index contributed by atoms with van der Waals surface area (Å²) in [6, 6.07) is 6.05. The highest BCUT2D eigenvalue weighted by Gasteiger charge is 2.09. The molecule has 0 bridgehead atoms. The summed E-state index contributed by atoms with van der Waals surface area (Å²) in [5.41, 5.74) is 1.20. The Morgan fingerprint density at radius 2 is 2.06 bits per heavy atom. The van der Waals surface area contributed by atoms with E-state index in [0.29, 0.717) is 0 Å². The lowest BCUT2D eigenvalue weighted by molar-refractivity contribution is 0.200. The molecule has 0 aliphatic rings. The number of rotatable bonds is 7. The molecule has 1 atom stereocenters. The Kier molecular flexibility index (Phi) is 5.84. The van der Waals surface area contributed by atoms with Crippen molar-refractivity contribution in [1.29, 1.82) is 0 Å². The van der Waals surface area contributed by atoms with E-state index in [1.54, 1.807) is 7.11 Å². The van der Waals surface area contributed by atoms with Gasteiger partial charge in [0.2, 0.25) is 0 Å². The van der Waals surface area contributed by atoms with Crippen molar-refractivity contribution in [3.05, 3.63) is 23.8 Å². The van der Waals surface area contributed by atoms with Crippen molar-refractivity contribution in [2.24, 2.45) is 0 Å². The van der Waals surface area contributed by atoms with Crippen molar-refractivity contribution in [2.75, 3.05) is 14.2 Å². The van der Waals surface area contributed by atoms with Gasteiger partial charge in [0, 0.05) is 6.54 Å². The van der Waals surface area contributed by atoms with Crippen LogP contribution in [0.2, 0.25) is 0 Å². The number of ether oxygens (including phenoxy) is 2. The van der Waals surface area contributed by atoms with Gasteiger partial charge in [-0.15, -0.1) is 0 Å². The largest absolute Gasteiger partial charge is 0.493 e. The summed E-state index contributed by atoms with van der Waals surface area (Å²) in [5, 5.41) is 3.13. The lowest BCUT2D eigenvalue weighted by Crippen LogP contribution is -2.12. The Hall–Kier alpha value is -1.22. The zero-order valence-electron chi connectivity index (χ0n) is 11.2. The fraction of sp³-hybridized carbons (Fsp3) is 0.571. The summed E-state index contributed by atoms with van der Waals surface area (Å²) in [6.45, 7) is 5.09. The third-order valence-corrected chi connectivity index (χ3v) is 2.63. The molecule has 1 aromatic carbocycles. The number of benzene rings is 1. The molecule has 0 saturated heterocycles. The molecule has 0 fully saturated rings. The fourth-order valence-electron chi connectivity index (χ4n) is 1.81. The van der Waals surface area contributed by atoms with Crippen molar-refractivity contribution in [3.63, 3.8) is 0 Å². The van der Waals surface area contributed by atoms with Crippen molar-refractivity contribution in [1.82, 2.24) is 5.32 Å². The van der Waals surface area contributed by atoms with Crippen LogP contribution < -0.4 is 14.8 Å². The quantitative estimate of drug-likeness (QED) is 0.791. The lowest BCUT2D eigenvalue weighted by Gasteiger charge is -2.17. The van der Waals surface area contributed by atoms with Gasteiger partial charge in [0.05, 0.1) is 13.2 Å². The van der Waals surface area contributed by atoms with Crippen LogP contribution in [0.15, 0.2) is 18.2 Å². The molecule has 96 valence electrons. The van der Waals surface area contributed by atoms with Gasteiger partial charge in [-0.2, -0.15) is 0 Å². The van der Waals surface area contributed by atoms with Gasteiger partial charge in [0.25, 0.3) is 0 Å². The topological polar surface area (TPSA) is 30.5 Å². The third-order valence-electron chi connectivity index (χ3n) is 2.63. The summed E-state index contributed by atoms with van der Waals surface area (Å²) in [7, 11) is 3.61. The second-order valence-electron chi connectivity index (χ2n) is 4.23. The van der Waals surface area contributed by atoms with Crippen LogP contribution in [0.3, 0.4) is 0 Å². The van der Waals surface area contributed by atoms with Gasteiger partial charge < -0.3 is 14.8 Å². The van der Waals surface area contributed by atoms with Crippen LogP contribution in [0.4, 0.5) is 0 Å². The van der Waals surface area contributed by atoms with Gasteiger partial charge in [-0.05, 0) is 38.1 Å². The van der Waals surface area contributed by atoms with Crippen LogP contribution in [0, 0.1) is 0 Å². The highest BCUT2D eigenvalue weighted by molar-refractivity contribution is 5.43. The molecule has 0 spiro atoms. The molecular weight excluding hydrogens is 214 g/mol. The molecule has 3 heteroatoms. The normalized spacial score (nSPS) is 12.2. The first-order valence-corrected chi connectivity index (χ1v) is 6.19. The summed E-state index contributed by atoms with van der Waals surface area (Å²) >= 11 is 0. The maximum atomic E-state index is 5.91. The SMILES string of the molecule is CCCC(C)Oc1cc(CNC)ccc1OC. The highest BCUT2D eigenvalue weighted by atomic mass is 16.5. The van der Waals surface area contributed by atoms with E-state index in [0.717, 1.165) is 30.9 Å². The minimum absolute atomic E-state index is 0.221. The average molecular weight is 237 g/mol. The molecule has 0 aliphatic carbocycles. The van der Waals surface area contributed by atoms with Crippen molar-refractivity contribution in [2.45, 2.75) is 39.3 Å². The maximum absolute atomic E-state index is 5.91. The first-order chi connectivity index (χ1) is 8.21. The van der Waals surface area contributed by atoms with E-state index in [1.807, 2.05) is 25.2 Å². The van der Waals surface area contributed by atoms with Gasteiger partial charge in [0.15, 0.2) is 11.5 Å². The molecule has 3 nitrogen and oxygen atoms in total. The Balaban J connectivity index is 2.81.